The fourth-order valence-electron chi connectivity index (χ4n) is 4.04. The first-order valence-corrected chi connectivity index (χ1v) is 11.0. The van der Waals surface area contributed by atoms with Crippen molar-refractivity contribution in [2.24, 2.45) is 0 Å². The van der Waals surface area contributed by atoms with Gasteiger partial charge in [-0.05, 0) is 50.8 Å². The highest BCUT2D eigenvalue weighted by Gasteiger charge is 2.27. The van der Waals surface area contributed by atoms with Gasteiger partial charge in [-0.1, -0.05) is 19.1 Å². The van der Waals surface area contributed by atoms with Gasteiger partial charge in [0.25, 0.3) is 0 Å². The first-order valence-electron chi connectivity index (χ1n) is 11.0. The van der Waals surface area contributed by atoms with E-state index >= 15 is 0 Å². The molecule has 0 aliphatic carbocycles. The van der Waals surface area contributed by atoms with Crippen molar-refractivity contribution in [3.05, 3.63) is 58.4 Å². The van der Waals surface area contributed by atoms with Gasteiger partial charge >= 0.3 is 0 Å². The smallest absolute Gasteiger partial charge is 0.227 e. The Morgan fingerprint density at radius 1 is 1.19 bits per heavy atom. The van der Waals surface area contributed by atoms with Crippen molar-refractivity contribution in [3.63, 3.8) is 0 Å². The Kier molecular flexibility index (Phi) is 7.71. The van der Waals surface area contributed by atoms with Crippen LogP contribution in [0.25, 0.3) is 0 Å². The Morgan fingerprint density at radius 2 is 1.94 bits per heavy atom. The van der Waals surface area contributed by atoms with Gasteiger partial charge in [0.15, 0.2) is 0 Å². The van der Waals surface area contributed by atoms with Crippen LogP contribution in [0.5, 0.6) is 0 Å². The molecule has 1 N–H and O–H groups in total. The summed E-state index contributed by atoms with van der Waals surface area (Å²) < 4.78 is 13.4. The highest BCUT2D eigenvalue weighted by atomic mass is 19.1. The summed E-state index contributed by atoms with van der Waals surface area (Å²) in [5.41, 5.74) is 3.18. The number of nitrogens with one attached hydrogen (secondary N) is 1. The summed E-state index contributed by atoms with van der Waals surface area (Å²) in [6.07, 6.45) is 3.16. The summed E-state index contributed by atoms with van der Waals surface area (Å²) in [5, 5.41) is 2.89. The minimum Gasteiger partial charge on any atom is -0.356 e. The van der Waals surface area contributed by atoms with Crippen molar-refractivity contribution in [2.45, 2.75) is 58.8 Å². The third kappa shape index (κ3) is 6.09. The third-order valence-electron chi connectivity index (χ3n) is 5.73. The minimum atomic E-state index is -0.329. The average molecular weight is 427 g/mol. The van der Waals surface area contributed by atoms with Crippen LogP contribution in [0.15, 0.2) is 24.3 Å². The summed E-state index contributed by atoms with van der Waals surface area (Å²) in [7, 11) is 0. The predicted octanol–water partition coefficient (Wildman–Crippen LogP) is 3.25. The average Bonchev–Trinajstić information content (AvgIpc) is 2.74. The zero-order valence-corrected chi connectivity index (χ0v) is 18.6. The van der Waals surface area contributed by atoms with Gasteiger partial charge in [0, 0.05) is 42.5 Å². The molecule has 2 heterocycles. The summed E-state index contributed by atoms with van der Waals surface area (Å²) in [5.74, 6) is 0.440. The third-order valence-corrected chi connectivity index (χ3v) is 5.73. The molecule has 1 fully saturated rings. The van der Waals surface area contributed by atoms with E-state index in [1.807, 2.05) is 25.7 Å². The lowest BCUT2D eigenvalue weighted by Gasteiger charge is -2.32. The molecule has 1 atom stereocenters. The maximum absolute atomic E-state index is 13.4. The number of aryl methyl sites for hydroxylation is 2. The monoisotopic (exact) mass is 426 g/mol. The van der Waals surface area contributed by atoms with Gasteiger partial charge < -0.3 is 10.2 Å². The van der Waals surface area contributed by atoms with Crippen LogP contribution in [0.1, 0.15) is 60.4 Å². The number of hydrogen-bond acceptors (Lipinski definition) is 4. The van der Waals surface area contributed by atoms with E-state index in [0.29, 0.717) is 25.2 Å². The van der Waals surface area contributed by atoms with E-state index in [9.17, 15) is 14.0 Å². The molecule has 1 aliphatic heterocycles. The molecular formula is C24H31FN4O2. The molecule has 0 radical (unpaired) electrons. The van der Waals surface area contributed by atoms with Crippen LogP contribution in [-0.4, -0.2) is 46.3 Å². The Hall–Kier alpha value is -2.83. The quantitative estimate of drug-likeness (QED) is 0.738. The Balaban J connectivity index is 1.68. The fourth-order valence-corrected chi connectivity index (χ4v) is 4.04. The summed E-state index contributed by atoms with van der Waals surface area (Å²) in [6, 6.07) is 6.18. The molecule has 3 rings (SSSR count). The molecule has 1 aromatic heterocycles. The number of benzene rings is 1. The van der Waals surface area contributed by atoms with E-state index in [2.05, 4.69) is 5.32 Å². The van der Waals surface area contributed by atoms with Crippen LogP contribution in [-0.2, 0) is 22.4 Å². The van der Waals surface area contributed by atoms with E-state index in [1.165, 1.54) is 12.1 Å². The van der Waals surface area contributed by atoms with Gasteiger partial charge in [0.2, 0.25) is 11.8 Å². The van der Waals surface area contributed by atoms with Crippen molar-refractivity contribution in [3.8, 4) is 0 Å². The van der Waals surface area contributed by atoms with Crippen molar-refractivity contribution < 1.29 is 14.0 Å². The molecule has 2 aromatic rings. The van der Waals surface area contributed by atoms with Crippen LogP contribution in [0, 0.1) is 19.7 Å². The molecule has 0 bridgehead atoms. The number of aromatic nitrogens is 2. The molecule has 1 aliphatic rings. The van der Waals surface area contributed by atoms with Crippen LogP contribution in [0.3, 0.4) is 0 Å². The summed E-state index contributed by atoms with van der Waals surface area (Å²) in [6.45, 7) is 7.76. The lowest BCUT2D eigenvalue weighted by molar-refractivity contribution is -0.131. The molecule has 1 unspecified atom stereocenters. The number of carbonyl (C=O) groups is 2. The molecule has 0 spiro atoms. The largest absolute Gasteiger partial charge is 0.356 e. The number of hydrogen-bond donors (Lipinski definition) is 1. The number of nitrogens with zero attached hydrogens (tertiary/aromatic N) is 3. The molecule has 7 heteroatoms. The Morgan fingerprint density at radius 3 is 2.61 bits per heavy atom. The van der Waals surface area contributed by atoms with Gasteiger partial charge in [-0.15, -0.1) is 0 Å². The predicted molar refractivity (Wildman–Crippen MR) is 117 cm³/mol. The van der Waals surface area contributed by atoms with Crippen LogP contribution >= 0.6 is 0 Å². The summed E-state index contributed by atoms with van der Waals surface area (Å²) in [4.78, 5) is 36.1. The van der Waals surface area contributed by atoms with Crippen molar-refractivity contribution in [1.29, 1.82) is 0 Å². The molecule has 6 nitrogen and oxygen atoms in total. The number of rotatable bonds is 7. The number of halogens is 1. The van der Waals surface area contributed by atoms with Crippen molar-refractivity contribution in [2.75, 3.05) is 19.6 Å². The van der Waals surface area contributed by atoms with E-state index in [0.717, 1.165) is 42.0 Å². The molecule has 0 saturated carbocycles. The fraction of sp³-hybridized carbons (Fsp3) is 0.500. The minimum absolute atomic E-state index is 0.00652. The number of carbonyl (C=O) groups excluding carboxylic acids is 2. The molecule has 1 aromatic carbocycles. The maximum Gasteiger partial charge on any atom is 0.227 e. The van der Waals surface area contributed by atoms with E-state index in [1.54, 1.807) is 12.1 Å². The van der Waals surface area contributed by atoms with E-state index < -0.39 is 0 Å². The normalized spacial score (nSPS) is 16.3. The highest BCUT2D eigenvalue weighted by molar-refractivity contribution is 5.79. The van der Waals surface area contributed by atoms with Crippen LogP contribution in [0.4, 0.5) is 4.39 Å². The lowest BCUT2D eigenvalue weighted by atomic mass is 9.95. The molecule has 166 valence electrons. The van der Waals surface area contributed by atoms with Crippen molar-refractivity contribution >= 4 is 11.8 Å². The second-order valence-electron chi connectivity index (χ2n) is 8.24. The zero-order valence-electron chi connectivity index (χ0n) is 18.6. The van der Waals surface area contributed by atoms with Gasteiger partial charge in [-0.3, -0.25) is 9.59 Å². The van der Waals surface area contributed by atoms with E-state index in [-0.39, 0.29) is 36.4 Å². The van der Waals surface area contributed by atoms with Crippen LogP contribution < -0.4 is 5.32 Å². The summed E-state index contributed by atoms with van der Waals surface area (Å²) >= 11 is 0. The molecule has 2 amide bonds. The highest BCUT2D eigenvalue weighted by Crippen LogP contribution is 2.26. The standard InChI is InChI=1S/C24H31FN4O2/c1-4-10-26-22(30)14-21-16(2)27-24(28-17(21)3)19-8-6-11-29(15-19)23(31)13-18-7-5-9-20(25)12-18/h5,7,9,12,19H,4,6,8,10-11,13-15H2,1-3H3,(H,26,30). The number of likely N-dealkylation sites (tertiary alicyclic amines) is 1. The molecule has 1 saturated heterocycles. The van der Waals surface area contributed by atoms with Gasteiger partial charge in [-0.2, -0.15) is 0 Å². The van der Waals surface area contributed by atoms with Gasteiger partial charge in [-0.25, -0.2) is 14.4 Å². The topological polar surface area (TPSA) is 75.2 Å². The maximum atomic E-state index is 13.4. The van der Waals surface area contributed by atoms with Gasteiger partial charge in [0.1, 0.15) is 11.6 Å². The Labute approximate surface area is 183 Å². The second-order valence-corrected chi connectivity index (χ2v) is 8.24. The van der Waals surface area contributed by atoms with Crippen molar-refractivity contribution in [1.82, 2.24) is 20.2 Å². The van der Waals surface area contributed by atoms with E-state index in [4.69, 9.17) is 9.97 Å². The molecule has 31 heavy (non-hydrogen) atoms. The molecular weight excluding hydrogens is 395 g/mol. The van der Waals surface area contributed by atoms with Gasteiger partial charge in [0.05, 0.1) is 12.8 Å². The van der Waals surface area contributed by atoms with Crippen LogP contribution in [0.2, 0.25) is 0 Å². The first kappa shape index (κ1) is 22.8. The SMILES string of the molecule is CCCNC(=O)Cc1c(C)nc(C2CCCN(C(=O)Cc3cccc(F)c3)C2)nc1C. The number of piperidine rings is 1. The second kappa shape index (κ2) is 10.5. The lowest BCUT2D eigenvalue weighted by Crippen LogP contribution is -2.40. The number of amides is 2. The Bertz CT molecular complexity index is 924. The zero-order chi connectivity index (χ0) is 22.4. The first-order chi connectivity index (χ1) is 14.9.